The van der Waals surface area contributed by atoms with E-state index < -0.39 is 0 Å². The predicted octanol–water partition coefficient (Wildman–Crippen LogP) is 1.93. The molecule has 1 aliphatic heterocycles. The van der Waals surface area contributed by atoms with E-state index in [1.807, 2.05) is 30.0 Å². The minimum Gasteiger partial charge on any atom is -0.385 e. The zero-order chi connectivity index (χ0) is 13.7. The summed E-state index contributed by atoms with van der Waals surface area (Å²) in [5, 5.41) is 3.42. The van der Waals surface area contributed by atoms with Crippen LogP contribution in [0.1, 0.15) is 31.5 Å². The monoisotopic (exact) mass is 262 g/mol. The van der Waals surface area contributed by atoms with E-state index in [-0.39, 0.29) is 18.1 Å². The van der Waals surface area contributed by atoms with E-state index in [0.29, 0.717) is 6.61 Å². The zero-order valence-electron chi connectivity index (χ0n) is 11.6. The second-order valence-corrected chi connectivity index (χ2v) is 4.82. The molecule has 1 aromatic carbocycles. The van der Waals surface area contributed by atoms with Gasteiger partial charge in [-0.25, -0.2) is 0 Å². The number of carbonyl (C=O) groups is 1. The van der Waals surface area contributed by atoms with Crippen molar-refractivity contribution >= 4 is 5.91 Å². The molecule has 1 amide bonds. The largest absolute Gasteiger partial charge is 0.385 e. The van der Waals surface area contributed by atoms with E-state index in [1.165, 1.54) is 0 Å². The van der Waals surface area contributed by atoms with Gasteiger partial charge in [-0.15, -0.1) is 0 Å². The van der Waals surface area contributed by atoms with E-state index >= 15 is 0 Å². The molecule has 1 aromatic rings. The summed E-state index contributed by atoms with van der Waals surface area (Å²) in [5.74, 6) is 0.201. The van der Waals surface area contributed by atoms with Crippen molar-refractivity contribution in [1.82, 2.24) is 10.2 Å². The van der Waals surface area contributed by atoms with Gasteiger partial charge in [-0.05, 0) is 18.4 Å². The highest BCUT2D eigenvalue weighted by Crippen LogP contribution is 2.26. The van der Waals surface area contributed by atoms with Crippen molar-refractivity contribution in [2.45, 2.75) is 32.0 Å². The average molecular weight is 262 g/mol. The first-order chi connectivity index (χ1) is 9.27. The number of nitrogens with one attached hydrogen (secondary N) is 1. The van der Waals surface area contributed by atoms with Gasteiger partial charge in [-0.3, -0.25) is 10.1 Å². The van der Waals surface area contributed by atoms with Crippen molar-refractivity contribution in [3.63, 3.8) is 0 Å². The Hall–Kier alpha value is -1.39. The summed E-state index contributed by atoms with van der Waals surface area (Å²) in [6.07, 6.45) is 1.68. The van der Waals surface area contributed by atoms with Crippen molar-refractivity contribution in [3.8, 4) is 0 Å². The van der Waals surface area contributed by atoms with Gasteiger partial charge in [-0.2, -0.15) is 0 Å². The number of nitrogens with zero attached hydrogens (tertiary/aromatic N) is 1. The zero-order valence-corrected chi connectivity index (χ0v) is 11.6. The molecule has 19 heavy (non-hydrogen) atoms. The summed E-state index contributed by atoms with van der Waals surface area (Å²) in [4.78, 5) is 14.3. The van der Waals surface area contributed by atoms with Gasteiger partial charge < -0.3 is 9.64 Å². The Kier molecular flexibility index (Phi) is 4.93. The summed E-state index contributed by atoms with van der Waals surface area (Å²) in [6.45, 7) is 3.45. The standard InChI is InChI=1S/C15H22N2O2/c1-3-13-15(18)17(10-7-11-19-2)14(16-13)12-8-5-4-6-9-12/h4-6,8-9,13-14,16H,3,7,10-11H2,1-2H3. The summed E-state index contributed by atoms with van der Waals surface area (Å²) in [5.41, 5.74) is 1.14. The number of hydrogen-bond donors (Lipinski definition) is 1. The van der Waals surface area contributed by atoms with Crippen LogP contribution in [0.3, 0.4) is 0 Å². The Morgan fingerprint density at radius 3 is 2.68 bits per heavy atom. The first-order valence-corrected chi connectivity index (χ1v) is 6.88. The lowest BCUT2D eigenvalue weighted by Gasteiger charge is -2.24. The summed E-state index contributed by atoms with van der Waals surface area (Å²) in [6, 6.07) is 10.1. The number of benzene rings is 1. The van der Waals surface area contributed by atoms with E-state index in [4.69, 9.17) is 4.74 Å². The van der Waals surface area contributed by atoms with Crippen LogP contribution in [0.4, 0.5) is 0 Å². The third-order valence-corrected chi connectivity index (χ3v) is 3.52. The second-order valence-electron chi connectivity index (χ2n) is 4.82. The Morgan fingerprint density at radius 1 is 1.32 bits per heavy atom. The molecule has 0 aromatic heterocycles. The second kappa shape index (κ2) is 6.68. The fourth-order valence-electron chi connectivity index (χ4n) is 2.50. The molecule has 2 rings (SSSR count). The average Bonchev–Trinajstić information content (AvgIpc) is 2.77. The molecule has 2 atom stereocenters. The topological polar surface area (TPSA) is 41.6 Å². The van der Waals surface area contributed by atoms with E-state index in [9.17, 15) is 4.79 Å². The van der Waals surface area contributed by atoms with Gasteiger partial charge >= 0.3 is 0 Å². The van der Waals surface area contributed by atoms with Crippen molar-refractivity contribution in [1.29, 1.82) is 0 Å². The van der Waals surface area contributed by atoms with E-state index in [2.05, 4.69) is 17.4 Å². The van der Waals surface area contributed by atoms with Gasteiger partial charge in [-0.1, -0.05) is 37.3 Å². The van der Waals surface area contributed by atoms with Gasteiger partial charge in [0.1, 0.15) is 6.17 Å². The maximum absolute atomic E-state index is 12.3. The summed E-state index contributed by atoms with van der Waals surface area (Å²) < 4.78 is 5.07. The lowest BCUT2D eigenvalue weighted by atomic mass is 10.1. The first kappa shape index (κ1) is 14.0. The maximum atomic E-state index is 12.3. The summed E-state index contributed by atoms with van der Waals surface area (Å²) in [7, 11) is 1.69. The SMILES string of the molecule is CCC1NC(c2ccccc2)N(CCCOC)C1=O. The molecule has 1 fully saturated rings. The van der Waals surface area contributed by atoms with Crippen LogP contribution in [0, 0.1) is 0 Å². The Labute approximate surface area is 114 Å². The maximum Gasteiger partial charge on any atom is 0.241 e. The molecule has 2 unspecified atom stereocenters. The van der Waals surface area contributed by atoms with Crippen LogP contribution in [0.5, 0.6) is 0 Å². The van der Waals surface area contributed by atoms with Crippen LogP contribution < -0.4 is 5.32 Å². The van der Waals surface area contributed by atoms with Crippen molar-refractivity contribution in [2.24, 2.45) is 0 Å². The van der Waals surface area contributed by atoms with E-state index in [1.54, 1.807) is 7.11 Å². The molecule has 0 spiro atoms. The number of carbonyl (C=O) groups excluding carboxylic acids is 1. The van der Waals surface area contributed by atoms with Gasteiger partial charge in [0.2, 0.25) is 5.91 Å². The Balaban J connectivity index is 2.12. The Bertz CT molecular complexity index is 408. The van der Waals surface area contributed by atoms with Gasteiger partial charge in [0.25, 0.3) is 0 Å². The predicted molar refractivity (Wildman–Crippen MR) is 74.6 cm³/mol. The third-order valence-electron chi connectivity index (χ3n) is 3.52. The smallest absolute Gasteiger partial charge is 0.241 e. The Morgan fingerprint density at radius 2 is 2.05 bits per heavy atom. The molecule has 4 heteroatoms. The van der Waals surface area contributed by atoms with Crippen LogP contribution in [-0.2, 0) is 9.53 Å². The van der Waals surface area contributed by atoms with Crippen LogP contribution in [0.25, 0.3) is 0 Å². The minimum absolute atomic E-state index is 0.00416. The van der Waals surface area contributed by atoms with Crippen molar-refractivity contribution in [2.75, 3.05) is 20.3 Å². The normalized spacial score (nSPS) is 23.1. The molecule has 0 radical (unpaired) electrons. The number of ether oxygens (including phenoxy) is 1. The molecule has 0 saturated carbocycles. The molecule has 0 bridgehead atoms. The molecular formula is C15H22N2O2. The highest BCUT2D eigenvalue weighted by atomic mass is 16.5. The fraction of sp³-hybridized carbons (Fsp3) is 0.533. The van der Waals surface area contributed by atoms with Crippen LogP contribution in [0.15, 0.2) is 30.3 Å². The van der Waals surface area contributed by atoms with E-state index in [0.717, 1.165) is 24.9 Å². The summed E-state index contributed by atoms with van der Waals surface area (Å²) >= 11 is 0. The lowest BCUT2D eigenvalue weighted by Crippen LogP contribution is -2.32. The number of amides is 1. The van der Waals surface area contributed by atoms with Crippen LogP contribution in [0.2, 0.25) is 0 Å². The minimum atomic E-state index is -0.0623. The quantitative estimate of drug-likeness (QED) is 0.797. The molecular weight excluding hydrogens is 240 g/mol. The molecule has 1 N–H and O–H groups in total. The molecule has 4 nitrogen and oxygen atoms in total. The van der Waals surface area contributed by atoms with Crippen LogP contribution >= 0.6 is 0 Å². The van der Waals surface area contributed by atoms with Gasteiger partial charge in [0.15, 0.2) is 0 Å². The van der Waals surface area contributed by atoms with Gasteiger partial charge in [0.05, 0.1) is 6.04 Å². The van der Waals surface area contributed by atoms with Crippen molar-refractivity contribution < 1.29 is 9.53 Å². The first-order valence-electron chi connectivity index (χ1n) is 6.88. The molecule has 0 aliphatic carbocycles. The highest BCUT2D eigenvalue weighted by Gasteiger charge is 2.37. The number of methoxy groups -OCH3 is 1. The number of hydrogen-bond acceptors (Lipinski definition) is 3. The number of rotatable bonds is 6. The molecule has 1 aliphatic rings. The molecule has 1 heterocycles. The lowest BCUT2D eigenvalue weighted by molar-refractivity contribution is -0.130. The van der Waals surface area contributed by atoms with Gasteiger partial charge in [0, 0.05) is 20.3 Å². The molecule has 1 saturated heterocycles. The molecule has 104 valence electrons. The fourth-order valence-corrected chi connectivity index (χ4v) is 2.50. The highest BCUT2D eigenvalue weighted by molar-refractivity contribution is 5.84. The van der Waals surface area contributed by atoms with Crippen LogP contribution in [-0.4, -0.2) is 37.1 Å². The third kappa shape index (κ3) is 3.14. The van der Waals surface area contributed by atoms with Crippen molar-refractivity contribution in [3.05, 3.63) is 35.9 Å².